The molecule has 0 saturated heterocycles. The van der Waals surface area contributed by atoms with Crippen molar-refractivity contribution in [3.8, 4) is 5.75 Å². The Balaban J connectivity index is 2.18. The largest absolute Gasteiger partial charge is 0.494 e. The Morgan fingerprint density at radius 1 is 1.37 bits per heavy atom. The molecular formula is C14H16N2O2S. The number of benzene rings is 1. The number of carbonyl (C=O) groups excluding carboxylic acids is 1. The Kier molecular flexibility index (Phi) is 4.41. The predicted molar refractivity (Wildman–Crippen MR) is 79.4 cm³/mol. The number of hydrogen-bond donors (Lipinski definition) is 2. The summed E-state index contributed by atoms with van der Waals surface area (Å²) in [5, 5.41) is 7.93. The van der Waals surface area contributed by atoms with Crippen LogP contribution >= 0.6 is 11.3 Å². The quantitative estimate of drug-likeness (QED) is 0.879. The van der Waals surface area contributed by atoms with Crippen LogP contribution in [0, 0.1) is 0 Å². The fourth-order valence-electron chi connectivity index (χ4n) is 1.70. The Bertz CT molecular complexity index is 553. The third kappa shape index (κ3) is 3.26. The lowest BCUT2D eigenvalue weighted by Gasteiger charge is -2.12. The van der Waals surface area contributed by atoms with Gasteiger partial charge in [0.05, 0.1) is 17.7 Å². The van der Waals surface area contributed by atoms with Crippen LogP contribution in [0.2, 0.25) is 0 Å². The Morgan fingerprint density at radius 3 is 2.84 bits per heavy atom. The molecule has 0 spiro atoms. The Labute approximate surface area is 116 Å². The van der Waals surface area contributed by atoms with E-state index in [0.29, 0.717) is 16.3 Å². The zero-order valence-corrected chi connectivity index (χ0v) is 11.7. The van der Waals surface area contributed by atoms with E-state index in [9.17, 15) is 4.79 Å². The maximum atomic E-state index is 12.0. The number of carbonyl (C=O) groups is 1. The van der Waals surface area contributed by atoms with Crippen LogP contribution < -0.4 is 15.4 Å². The number of nitrogens with one attached hydrogen (secondary N) is 2. The molecule has 0 saturated carbocycles. The number of methoxy groups -OCH3 is 1. The average Bonchev–Trinajstić information content (AvgIpc) is 2.94. The van der Waals surface area contributed by atoms with Crippen LogP contribution in [-0.4, -0.2) is 19.6 Å². The van der Waals surface area contributed by atoms with Gasteiger partial charge in [-0.3, -0.25) is 4.79 Å². The van der Waals surface area contributed by atoms with Gasteiger partial charge in [-0.15, -0.1) is 11.3 Å². The third-order valence-electron chi connectivity index (χ3n) is 2.58. The Morgan fingerprint density at radius 2 is 2.21 bits per heavy atom. The first kappa shape index (κ1) is 13.4. The van der Waals surface area contributed by atoms with Gasteiger partial charge >= 0.3 is 0 Å². The molecule has 2 rings (SSSR count). The minimum atomic E-state index is -0.121. The smallest absolute Gasteiger partial charge is 0.265 e. The zero-order valence-electron chi connectivity index (χ0n) is 10.9. The molecular weight excluding hydrogens is 260 g/mol. The van der Waals surface area contributed by atoms with Crippen LogP contribution in [0.5, 0.6) is 5.75 Å². The van der Waals surface area contributed by atoms with Gasteiger partial charge < -0.3 is 15.4 Å². The van der Waals surface area contributed by atoms with Crippen molar-refractivity contribution in [2.75, 3.05) is 24.3 Å². The standard InChI is InChI=1S/C14H16N2O2S/c1-3-15-10-6-7-11(12(9-10)18-2)16-14(17)13-5-4-8-19-13/h4-9,15H,3H2,1-2H3,(H,16,17). The van der Waals surface area contributed by atoms with Crippen LogP contribution in [0.15, 0.2) is 35.7 Å². The molecule has 0 aliphatic rings. The SMILES string of the molecule is CCNc1ccc(NC(=O)c2cccs2)c(OC)c1. The molecule has 0 atom stereocenters. The molecule has 0 bridgehead atoms. The fourth-order valence-corrected chi connectivity index (χ4v) is 2.32. The molecule has 19 heavy (non-hydrogen) atoms. The molecule has 2 N–H and O–H groups in total. The summed E-state index contributed by atoms with van der Waals surface area (Å²) in [5.41, 5.74) is 1.64. The first-order valence-corrected chi connectivity index (χ1v) is 6.89. The van der Waals surface area contributed by atoms with Crippen LogP contribution in [0.4, 0.5) is 11.4 Å². The van der Waals surface area contributed by atoms with E-state index in [2.05, 4.69) is 10.6 Å². The van der Waals surface area contributed by atoms with Crippen LogP contribution in [0.1, 0.15) is 16.6 Å². The van der Waals surface area contributed by atoms with Crippen molar-refractivity contribution in [1.82, 2.24) is 0 Å². The number of amides is 1. The van der Waals surface area contributed by atoms with E-state index in [4.69, 9.17) is 4.74 Å². The maximum Gasteiger partial charge on any atom is 0.265 e. The molecule has 1 aromatic heterocycles. The van der Waals surface area contributed by atoms with Crippen molar-refractivity contribution in [2.24, 2.45) is 0 Å². The van der Waals surface area contributed by atoms with E-state index in [1.807, 2.05) is 36.6 Å². The topological polar surface area (TPSA) is 50.4 Å². The van der Waals surface area contributed by atoms with Crippen LogP contribution in [0.3, 0.4) is 0 Å². The summed E-state index contributed by atoms with van der Waals surface area (Å²) in [5.74, 6) is 0.521. The summed E-state index contributed by atoms with van der Waals surface area (Å²) in [6.07, 6.45) is 0. The van der Waals surface area contributed by atoms with E-state index in [1.54, 1.807) is 13.2 Å². The summed E-state index contributed by atoms with van der Waals surface area (Å²) in [7, 11) is 1.59. The molecule has 0 unspecified atom stereocenters. The number of hydrogen-bond acceptors (Lipinski definition) is 4. The summed E-state index contributed by atoms with van der Waals surface area (Å²) in [6.45, 7) is 2.86. The zero-order chi connectivity index (χ0) is 13.7. The minimum absolute atomic E-state index is 0.121. The molecule has 5 heteroatoms. The number of thiophene rings is 1. The van der Waals surface area contributed by atoms with E-state index in [-0.39, 0.29) is 5.91 Å². The van der Waals surface area contributed by atoms with Gasteiger partial charge in [0.2, 0.25) is 0 Å². The number of anilines is 2. The van der Waals surface area contributed by atoms with Gasteiger partial charge in [-0.25, -0.2) is 0 Å². The van der Waals surface area contributed by atoms with Gasteiger partial charge in [0.25, 0.3) is 5.91 Å². The van der Waals surface area contributed by atoms with E-state index >= 15 is 0 Å². The van der Waals surface area contributed by atoms with E-state index < -0.39 is 0 Å². The fraction of sp³-hybridized carbons (Fsp3) is 0.214. The first-order valence-electron chi connectivity index (χ1n) is 6.01. The molecule has 1 aromatic carbocycles. The predicted octanol–water partition coefficient (Wildman–Crippen LogP) is 3.44. The highest BCUT2D eigenvalue weighted by Crippen LogP contribution is 2.28. The highest BCUT2D eigenvalue weighted by Gasteiger charge is 2.10. The van der Waals surface area contributed by atoms with Crippen molar-refractivity contribution in [3.05, 3.63) is 40.6 Å². The summed E-state index contributed by atoms with van der Waals surface area (Å²) in [4.78, 5) is 12.7. The first-order chi connectivity index (χ1) is 9.24. The van der Waals surface area contributed by atoms with Gasteiger partial charge in [0, 0.05) is 18.3 Å². The van der Waals surface area contributed by atoms with Gasteiger partial charge in [-0.05, 0) is 30.5 Å². The van der Waals surface area contributed by atoms with Crippen molar-refractivity contribution >= 4 is 28.6 Å². The van der Waals surface area contributed by atoms with Crippen molar-refractivity contribution in [2.45, 2.75) is 6.92 Å². The second kappa shape index (κ2) is 6.24. The van der Waals surface area contributed by atoms with Gasteiger partial charge in [-0.2, -0.15) is 0 Å². The summed E-state index contributed by atoms with van der Waals surface area (Å²) in [6, 6.07) is 9.26. The van der Waals surface area contributed by atoms with Gasteiger partial charge in [0.1, 0.15) is 5.75 Å². The highest BCUT2D eigenvalue weighted by atomic mass is 32.1. The lowest BCUT2D eigenvalue weighted by molar-refractivity contribution is 0.103. The van der Waals surface area contributed by atoms with Crippen molar-refractivity contribution in [3.63, 3.8) is 0 Å². The molecule has 0 aliphatic carbocycles. The van der Waals surface area contributed by atoms with Crippen molar-refractivity contribution in [1.29, 1.82) is 0 Å². The lowest BCUT2D eigenvalue weighted by atomic mass is 10.2. The molecule has 2 aromatic rings. The lowest BCUT2D eigenvalue weighted by Crippen LogP contribution is -2.11. The molecule has 0 fully saturated rings. The van der Waals surface area contributed by atoms with E-state index in [0.717, 1.165) is 12.2 Å². The van der Waals surface area contributed by atoms with E-state index in [1.165, 1.54) is 11.3 Å². The number of ether oxygens (including phenoxy) is 1. The third-order valence-corrected chi connectivity index (χ3v) is 3.44. The molecule has 4 nitrogen and oxygen atoms in total. The van der Waals surface area contributed by atoms with Crippen LogP contribution in [-0.2, 0) is 0 Å². The molecule has 0 radical (unpaired) electrons. The summed E-state index contributed by atoms with van der Waals surface area (Å²) >= 11 is 1.41. The second-order valence-corrected chi connectivity index (χ2v) is 4.82. The maximum absolute atomic E-state index is 12.0. The van der Waals surface area contributed by atoms with Gasteiger partial charge in [0.15, 0.2) is 0 Å². The molecule has 1 amide bonds. The molecule has 0 aliphatic heterocycles. The van der Waals surface area contributed by atoms with Crippen LogP contribution in [0.25, 0.3) is 0 Å². The number of rotatable bonds is 5. The highest BCUT2D eigenvalue weighted by molar-refractivity contribution is 7.12. The minimum Gasteiger partial charge on any atom is -0.494 e. The summed E-state index contributed by atoms with van der Waals surface area (Å²) < 4.78 is 5.30. The molecule has 1 heterocycles. The van der Waals surface area contributed by atoms with Gasteiger partial charge in [-0.1, -0.05) is 6.07 Å². The second-order valence-electron chi connectivity index (χ2n) is 3.88. The monoisotopic (exact) mass is 276 g/mol. The Hall–Kier alpha value is -2.01. The molecule has 100 valence electrons. The average molecular weight is 276 g/mol. The normalized spacial score (nSPS) is 10.0. The van der Waals surface area contributed by atoms with Crippen molar-refractivity contribution < 1.29 is 9.53 Å².